The number of benzene rings is 1. The molecule has 0 amide bonds. The van der Waals surface area contributed by atoms with Gasteiger partial charge in [0.05, 0.1) is 15.8 Å². The molecule has 4 aromatic heterocycles. The quantitative estimate of drug-likeness (QED) is 0.360. The average Bonchev–Trinajstić information content (AvgIpc) is 3.37. The largest absolute Gasteiger partial charge is 0.438 e. The standard InChI is InChI=1S/C20H14ClN5OS2/c21-15-9-29-20-16(15)17(23-10-26-20)22-7-5-12-1-3-13(4-2-12)27-18-14-6-8-28-19(14)25-11-24-18/h1-4,6,8-11H,5,7H2,(H,22,23,26). The first-order valence-corrected chi connectivity index (χ1v) is 11.0. The molecule has 5 aromatic rings. The second kappa shape index (κ2) is 7.90. The zero-order chi connectivity index (χ0) is 19.6. The van der Waals surface area contributed by atoms with Crippen LogP contribution in [0, 0.1) is 0 Å². The summed E-state index contributed by atoms with van der Waals surface area (Å²) in [6.45, 7) is 0.736. The Balaban J connectivity index is 1.24. The molecule has 9 heteroatoms. The summed E-state index contributed by atoms with van der Waals surface area (Å²) in [5.41, 5.74) is 1.19. The maximum absolute atomic E-state index is 6.25. The number of nitrogens with zero attached hydrogens (tertiary/aromatic N) is 4. The SMILES string of the molecule is Clc1csc2ncnc(NCCc3ccc(Oc4ncnc5sccc45)cc3)c12. The second-order valence-electron chi connectivity index (χ2n) is 6.23. The molecule has 29 heavy (non-hydrogen) atoms. The lowest BCUT2D eigenvalue weighted by Crippen LogP contribution is -2.06. The van der Waals surface area contributed by atoms with Crippen molar-refractivity contribution < 1.29 is 4.74 Å². The van der Waals surface area contributed by atoms with E-state index in [2.05, 4.69) is 37.4 Å². The third-order valence-electron chi connectivity index (χ3n) is 4.39. The lowest BCUT2D eigenvalue weighted by molar-refractivity contribution is 0.468. The van der Waals surface area contributed by atoms with Crippen LogP contribution in [0.5, 0.6) is 11.6 Å². The minimum Gasteiger partial charge on any atom is -0.438 e. The molecule has 0 radical (unpaired) electrons. The Labute approximate surface area is 179 Å². The molecule has 0 aliphatic heterocycles. The van der Waals surface area contributed by atoms with E-state index < -0.39 is 0 Å². The summed E-state index contributed by atoms with van der Waals surface area (Å²) in [7, 11) is 0. The van der Waals surface area contributed by atoms with E-state index >= 15 is 0 Å². The van der Waals surface area contributed by atoms with Crippen LogP contribution in [-0.2, 0) is 6.42 Å². The van der Waals surface area contributed by atoms with Crippen molar-refractivity contribution in [1.82, 2.24) is 19.9 Å². The van der Waals surface area contributed by atoms with Gasteiger partial charge in [0.25, 0.3) is 0 Å². The van der Waals surface area contributed by atoms with Gasteiger partial charge in [0.2, 0.25) is 5.88 Å². The van der Waals surface area contributed by atoms with Crippen molar-refractivity contribution in [2.75, 3.05) is 11.9 Å². The molecule has 1 N–H and O–H groups in total. The molecule has 0 unspecified atom stereocenters. The molecular formula is C20H14ClN5OS2. The zero-order valence-electron chi connectivity index (χ0n) is 15.0. The van der Waals surface area contributed by atoms with Gasteiger partial charge < -0.3 is 10.1 Å². The van der Waals surface area contributed by atoms with Gasteiger partial charge in [0.1, 0.15) is 33.9 Å². The Hall–Kier alpha value is -2.81. The van der Waals surface area contributed by atoms with Crippen LogP contribution in [0.25, 0.3) is 20.4 Å². The summed E-state index contributed by atoms with van der Waals surface area (Å²) >= 11 is 9.34. The number of hydrogen-bond donors (Lipinski definition) is 1. The van der Waals surface area contributed by atoms with Gasteiger partial charge in [-0.2, -0.15) is 0 Å². The van der Waals surface area contributed by atoms with Gasteiger partial charge in [-0.25, -0.2) is 19.9 Å². The van der Waals surface area contributed by atoms with Crippen LogP contribution in [0.15, 0.2) is 53.7 Å². The topological polar surface area (TPSA) is 72.8 Å². The third kappa shape index (κ3) is 3.74. The number of nitrogens with one attached hydrogen (secondary N) is 1. The fraction of sp³-hybridized carbons (Fsp3) is 0.100. The molecule has 0 spiro atoms. The number of hydrogen-bond acceptors (Lipinski definition) is 8. The highest BCUT2D eigenvalue weighted by atomic mass is 35.5. The van der Waals surface area contributed by atoms with Crippen LogP contribution in [0.4, 0.5) is 5.82 Å². The smallest absolute Gasteiger partial charge is 0.231 e. The molecular weight excluding hydrogens is 426 g/mol. The fourth-order valence-electron chi connectivity index (χ4n) is 2.98. The maximum atomic E-state index is 6.25. The Bertz CT molecular complexity index is 1290. The summed E-state index contributed by atoms with van der Waals surface area (Å²) in [5.74, 6) is 2.09. The first-order chi connectivity index (χ1) is 14.3. The molecule has 0 saturated carbocycles. The molecule has 0 aliphatic carbocycles. The van der Waals surface area contributed by atoms with Crippen LogP contribution in [0.1, 0.15) is 5.56 Å². The van der Waals surface area contributed by atoms with Crippen LogP contribution >= 0.6 is 34.3 Å². The van der Waals surface area contributed by atoms with Crippen molar-refractivity contribution in [3.8, 4) is 11.6 Å². The minimum atomic E-state index is 0.575. The van der Waals surface area contributed by atoms with Crippen molar-refractivity contribution in [3.05, 3.63) is 64.3 Å². The Morgan fingerprint density at radius 2 is 1.76 bits per heavy atom. The third-order valence-corrected chi connectivity index (χ3v) is 6.53. The van der Waals surface area contributed by atoms with E-state index in [0.717, 1.165) is 45.0 Å². The van der Waals surface area contributed by atoms with Gasteiger partial charge in [-0.15, -0.1) is 22.7 Å². The Morgan fingerprint density at radius 1 is 0.931 bits per heavy atom. The van der Waals surface area contributed by atoms with E-state index in [0.29, 0.717) is 10.9 Å². The summed E-state index contributed by atoms with van der Waals surface area (Å²) in [6, 6.07) is 9.98. The summed E-state index contributed by atoms with van der Waals surface area (Å²) in [6.07, 6.45) is 3.93. The normalized spacial score (nSPS) is 11.2. The molecule has 0 aliphatic rings. The average molecular weight is 440 g/mol. The molecule has 144 valence electrons. The first kappa shape index (κ1) is 18.2. The van der Waals surface area contributed by atoms with Crippen molar-refractivity contribution in [1.29, 1.82) is 0 Å². The number of fused-ring (bicyclic) bond motifs is 2. The van der Waals surface area contributed by atoms with Gasteiger partial charge in [0, 0.05) is 11.9 Å². The van der Waals surface area contributed by atoms with Gasteiger partial charge in [0.15, 0.2) is 0 Å². The molecule has 4 heterocycles. The predicted molar refractivity (Wildman–Crippen MR) is 119 cm³/mol. The van der Waals surface area contributed by atoms with E-state index in [1.807, 2.05) is 29.0 Å². The van der Waals surface area contributed by atoms with Crippen LogP contribution < -0.4 is 10.1 Å². The highest BCUT2D eigenvalue weighted by Crippen LogP contribution is 2.33. The molecule has 0 fully saturated rings. The number of anilines is 1. The number of aromatic nitrogens is 4. The van der Waals surface area contributed by atoms with Crippen LogP contribution in [0.3, 0.4) is 0 Å². The van der Waals surface area contributed by atoms with E-state index in [1.165, 1.54) is 23.2 Å². The second-order valence-corrected chi connectivity index (χ2v) is 8.39. The van der Waals surface area contributed by atoms with E-state index in [9.17, 15) is 0 Å². The van der Waals surface area contributed by atoms with Crippen molar-refractivity contribution in [3.63, 3.8) is 0 Å². The van der Waals surface area contributed by atoms with Gasteiger partial charge in [-0.1, -0.05) is 23.7 Å². The van der Waals surface area contributed by atoms with Crippen LogP contribution in [0.2, 0.25) is 5.02 Å². The molecule has 0 bridgehead atoms. The zero-order valence-corrected chi connectivity index (χ0v) is 17.4. The summed E-state index contributed by atoms with van der Waals surface area (Å²) in [5, 5.41) is 9.71. The Morgan fingerprint density at radius 3 is 2.66 bits per heavy atom. The predicted octanol–water partition coefficient (Wildman–Crippen LogP) is 5.80. The maximum Gasteiger partial charge on any atom is 0.231 e. The van der Waals surface area contributed by atoms with Gasteiger partial charge in [-0.3, -0.25) is 0 Å². The van der Waals surface area contributed by atoms with E-state index in [-0.39, 0.29) is 0 Å². The lowest BCUT2D eigenvalue weighted by atomic mass is 10.1. The highest BCUT2D eigenvalue weighted by molar-refractivity contribution is 7.17. The van der Waals surface area contributed by atoms with Crippen molar-refractivity contribution in [2.24, 2.45) is 0 Å². The molecule has 0 atom stereocenters. The van der Waals surface area contributed by atoms with Crippen molar-refractivity contribution in [2.45, 2.75) is 6.42 Å². The summed E-state index contributed by atoms with van der Waals surface area (Å²) < 4.78 is 5.94. The molecule has 1 aromatic carbocycles. The highest BCUT2D eigenvalue weighted by Gasteiger charge is 2.10. The van der Waals surface area contributed by atoms with Crippen molar-refractivity contribution >= 4 is 60.5 Å². The molecule has 6 nitrogen and oxygen atoms in total. The van der Waals surface area contributed by atoms with E-state index in [1.54, 1.807) is 17.7 Å². The minimum absolute atomic E-state index is 0.575. The van der Waals surface area contributed by atoms with Gasteiger partial charge in [-0.05, 0) is 35.6 Å². The number of ether oxygens (including phenoxy) is 1. The molecule has 5 rings (SSSR count). The number of halogens is 1. The van der Waals surface area contributed by atoms with E-state index in [4.69, 9.17) is 16.3 Å². The van der Waals surface area contributed by atoms with Gasteiger partial charge >= 0.3 is 0 Å². The van der Waals surface area contributed by atoms with Crippen LogP contribution in [-0.4, -0.2) is 26.5 Å². The number of thiophene rings is 2. The first-order valence-electron chi connectivity index (χ1n) is 8.84. The monoisotopic (exact) mass is 439 g/mol. The summed E-state index contributed by atoms with van der Waals surface area (Å²) in [4.78, 5) is 18.9. The molecule has 0 saturated heterocycles. The lowest BCUT2D eigenvalue weighted by Gasteiger charge is -2.08. The Kier molecular flexibility index (Phi) is 4.97. The number of rotatable bonds is 6. The fourth-order valence-corrected chi connectivity index (χ4v) is 4.84.